The molecule has 4 aromatic rings. The van der Waals surface area contributed by atoms with Crippen molar-refractivity contribution in [3.63, 3.8) is 0 Å². The molecule has 1 saturated carbocycles. The molecule has 3 aromatic carbocycles. The quantitative estimate of drug-likeness (QED) is 0.178. The molecule has 0 atom stereocenters. The minimum absolute atomic E-state index is 0.116. The molecule has 1 aliphatic rings. The highest BCUT2D eigenvalue weighted by Gasteiger charge is 2.52. The van der Waals surface area contributed by atoms with E-state index in [1.807, 2.05) is 62.4 Å². The first kappa shape index (κ1) is 26.5. The molecule has 1 heterocycles. The van der Waals surface area contributed by atoms with E-state index in [0.29, 0.717) is 13.0 Å². The summed E-state index contributed by atoms with van der Waals surface area (Å²) in [6.07, 6.45) is 4.26. The van der Waals surface area contributed by atoms with Crippen molar-refractivity contribution in [2.45, 2.75) is 52.4 Å². The fourth-order valence-electron chi connectivity index (χ4n) is 5.19. The summed E-state index contributed by atoms with van der Waals surface area (Å²) >= 11 is 0. The predicted octanol–water partition coefficient (Wildman–Crippen LogP) is 8.08. The number of nitrogens with zero attached hydrogens (tertiary/aromatic N) is 1. The SMILES string of the molecule is CCOC(=O)C1(c2ccc(-c3ccc(-c4onc(C)c4CC(C)(C)/C=C(\O)c4ccccc4)cc3)cc2)CC1. The van der Waals surface area contributed by atoms with E-state index in [0.717, 1.165) is 57.7 Å². The maximum atomic E-state index is 12.4. The number of hydrogen-bond acceptors (Lipinski definition) is 5. The smallest absolute Gasteiger partial charge is 0.316 e. The van der Waals surface area contributed by atoms with E-state index in [2.05, 4.69) is 55.4 Å². The molecule has 1 N–H and O–H groups in total. The Labute approximate surface area is 230 Å². The number of hydrogen-bond donors (Lipinski definition) is 1. The first-order valence-electron chi connectivity index (χ1n) is 13.5. The van der Waals surface area contributed by atoms with Crippen LogP contribution in [-0.2, 0) is 21.4 Å². The highest BCUT2D eigenvalue weighted by Crippen LogP contribution is 2.49. The van der Waals surface area contributed by atoms with Crippen molar-refractivity contribution in [2.75, 3.05) is 6.61 Å². The molecule has 5 rings (SSSR count). The zero-order valence-corrected chi connectivity index (χ0v) is 23.0. The summed E-state index contributed by atoms with van der Waals surface area (Å²) in [5.41, 5.74) is 6.04. The van der Waals surface area contributed by atoms with Crippen molar-refractivity contribution in [1.82, 2.24) is 5.16 Å². The number of aromatic nitrogens is 1. The highest BCUT2D eigenvalue weighted by atomic mass is 16.5. The zero-order valence-electron chi connectivity index (χ0n) is 23.0. The number of ether oxygens (including phenoxy) is 1. The minimum Gasteiger partial charge on any atom is -0.508 e. The van der Waals surface area contributed by atoms with E-state index in [-0.39, 0.29) is 17.1 Å². The highest BCUT2D eigenvalue weighted by molar-refractivity contribution is 5.87. The van der Waals surface area contributed by atoms with Crippen molar-refractivity contribution in [3.8, 4) is 22.5 Å². The molecule has 5 nitrogen and oxygen atoms in total. The second kappa shape index (κ2) is 10.6. The number of esters is 1. The van der Waals surface area contributed by atoms with Gasteiger partial charge in [0.25, 0.3) is 0 Å². The average molecular weight is 522 g/mol. The van der Waals surface area contributed by atoms with E-state index >= 15 is 0 Å². The first-order chi connectivity index (χ1) is 18.7. The van der Waals surface area contributed by atoms with Gasteiger partial charge in [0.15, 0.2) is 5.76 Å². The minimum atomic E-state index is -0.459. The molecule has 1 aromatic heterocycles. The molecule has 0 saturated heterocycles. The van der Waals surface area contributed by atoms with Gasteiger partial charge in [-0.3, -0.25) is 4.79 Å². The van der Waals surface area contributed by atoms with Crippen molar-refractivity contribution >= 4 is 11.7 Å². The van der Waals surface area contributed by atoms with Gasteiger partial charge in [0.1, 0.15) is 5.76 Å². The number of aliphatic hydroxyl groups is 1. The van der Waals surface area contributed by atoms with Crippen LogP contribution in [0.25, 0.3) is 28.2 Å². The Kier molecular flexibility index (Phi) is 7.17. The van der Waals surface area contributed by atoms with E-state index in [4.69, 9.17) is 9.26 Å². The lowest BCUT2D eigenvalue weighted by Gasteiger charge is -2.21. The van der Waals surface area contributed by atoms with Gasteiger partial charge in [-0.05, 0) is 61.3 Å². The first-order valence-corrected chi connectivity index (χ1v) is 13.5. The Hall–Kier alpha value is -4.12. The molecule has 0 radical (unpaired) electrons. The normalized spacial score (nSPS) is 14.7. The maximum Gasteiger partial charge on any atom is 0.316 e. The van der Waals surface area contributed by atoms with Gasteiger partial charge in [-0.15, -0.1) is 0 Å². The van der Waals surface area contributed by atoms with E-state index in [9.17, 15) is 9.90 Å². The third-order valence-corrected chi connectivity index (χ3v) is 7.55. The fraction of sp³-hybridized carbons (Fsp3) is 0.294. The lowest BCUT2D eigenvalue weighted by atomic mass is 9.83. The fourth-order valence-corrected chi connectivity index (χ4v) is 5.19. The molecule has 1 fully saturated rings. The van der Waals surface area contributed by atoms with Gasteiger partial charge in [0.05, 0.1) is 17.7 Å². The average Bonchev–Trinajstić information content (AvgIpc) is 3.68. The maximum absolute atomic E-state index is 12.4. The molecule has 39 heavy (non-hydrogen) atoms. The summed E-state index contributed by atoms with van der Waals surface area (Å²) in [6, 6.07) is 26.1. The number of carbonyl (C=O) groups excluding carboxylic acids is 1. The van der Waals surface area contributed by atoms with Crippen molar-refractivity contribution in [2.24, 2.45) is 5.41 Å². The summed E-state index contributed by atoms with van der Waals surface area (Å²) in [7, 11) is 0. The number of carbonyl (C=O) groups is 1. The molecule has 0 amide bonds. The number of allylic oxidation sites excluding steroid dienone is 1. The second-order valence-electron chi connectivity index (χ2n) is 11.1. The standard InChI is InChI=1S/C34H35NO4/c1-5-38-32(37)34(19-20-34)28-17-15-25(16-18-28)24-11-13-27(14-12-24)31-29(23(2)35-39-31)21-33(3,4)22-30(36)26-9-7-6-8-10-26/h6-18,22,36H,5,19-21H2,1-4H3/b30-22-. The van der Waals surface area contributed by atoms with Crippen LogP contribution in [0.4, 0.5) is 0 Å². The summed E-state index contributed by atoms with van der Waals surface area (Å²) in [6.45, 7) is 8.41. The Morgan fingerprint density at radius 3 is 2.15 bits per heavy atom. The molecule has 0 spiro atoms. The van der Waals surface area contributed by atoms with Gasteiger partial charge in [-0.2, -0.15) is 0 Å². The van der Waals surface area contributed by atoms with Gasteiger partial charge in [0, 0.05) is 16.7 Å². The van der Waals surface area contributed by atoms with Crippen LogP contribution in [0.3, 0.4) is 0 Å². The monoisotopic (exact) mass is 521 g/mol. The summed E-state index contributed by atoms with van der Waals surface area (Å²) in [5, 5.41) is 15.0. The molecule has 5 heteroatoms. The number of aryl methyl sites for hydroxylation is 1. The van der Waals surface area contributed by atoms with Crippen molar-refractivity contribution in [3.05, 3.63) is 107 Å². The molecule has 0 aliphatic heterocycles. The summed E-state index contributed by atoms with van der Waals surface area (Å²) in [4.78, 5) is 12.4. The van der Waals surface area contributed by atoms with Crippen LogP contribution in [-0.4, -0.2) is 22.8 Å². The third kappa shape index (κ3) is 5.53. The molecular weight excluding hydrogens is 486 g/mol. The van der Waals surface area contributed by atoms with Crippen LogP contribution >= 0.6 is 0 Å². The second-order valence-corrected chi connectivity index (χ2v) is 11.1. The van der Waals surface area contributed by atoms with Crippen LogP contribution in [0.5, 0.6) is 0 Å². The van der Waals surface area contributed by atoms with Crippen molar-refractivity contribution < 1.29 is 19.2 Å². The third-order valence-electron chi connectivity index (χ3n) is 7.55. The lowest BCUT2D eigenvalue weighted by molar-refractivity contribution is -0.146. The van der Waals surface area contributed by atoms with Crippen LogP contribution < -0.4 is 0 Å². The lowest BCUT2D eigenvalue weighted by Crippen LogP contribution is -2.23. The van der Waals surface area contributed by atoms with Gasteiger partial charge in [-0.1, -0.05) is 97.9 Å². The molecule has 0 unspecified atom stereocenters. The van der Waals surface area contributed by atoms with Crippen LogP contribution in [0.2, 0.25) is 0 Å². The van der Waals surface area contributed by atoms with Crippen LogP contribution in [0.15, 0.2) is 89.5 Å². The topological polar surface area (TPSA) is 72.6 Å². The van der Waals surface area contributed by atoms with Gasteiger partial charge >= 0.3 is 5.97 Å². The summed E-state index contributed by atoms with van der Waals surface area (Å²) < 4.78 is 11.1. The molecule has 200 valence electrons. The predicted molar refractivity (Wildman–Crippen MR) is 154 cm³/mol. The Morgan fingerprint density at radius 1 is 0.974 bits per heavy atom. The van der Waals surface area contributed by atoms with Crippen LogP contribution in [0.1, 0.15) is 56.0 Å². The van der Waals surface area contributed by atoms with Crippen LogP contribution in [0, 0.1) is 12.3 Å². The van der Waals surface area contributed by atoms with Gasteiger partial charge in [-0.25, -0.2) is 0 Å². The number of aliphatic hydroxyl groups excluding tert-OH is 1. The Morgan fingerprint density at radius 2 is 1.56 bits per heavy atom. The number of rotatable bonds is 9. The van der Waals surface area contributed by atoms with Gasteiger partial charge in [0.2, 0.25) is 0 Å². The van der Waals surface area contributed by atoms with Crippen molar-refractivity contribution in [1.29, 1.82) is 0 Å². The van der Waals surface area contributed by atoms with E-state index in [1.165, 1.54) is 0 Å². The Balaban J connectivity index is 1.34. The zero-order chi connectivity index (χ0) is 27.6. The summed E-state index contributed by atoms with van der Waals surface area (Å²) in [5.74, 6) is 0.899. The Bertz CT molecular complexity index is 1470. The van der Waals surface area contributed by atoms with E-state index < -0.39 is 5.41 Å². The van der Waals surface area contributed by atoms with E-state index in [1.54, 1.807) is 0 Å². The molecule has 1 aliphatic carbocycles. The molecule has 0 bridgehead atoms. The molecular formula is C34H35NO4. The van der Waals surface area contributed by atoms with Gasteiger partial charge < -0.3 is 14.4 Å². The largest absolute Gasteiger partial charge is 0.508 e. The number of benzene rings is 3.